The highest BCUT2D eigenvalue weighted by molar-refractivity contribution is 7.98. The number of benzene rings is 3. The Kier molecular flexibility index (Phi) is 6.02. The van der Waals surface area contributed by atoms with E-state index in [4.69, 9.17) is 11.6 Å². The third kappa shape index (κ3) is 5.00. The van der Waals surface area contributed by atoms with Crippen molar-refractivity contribution in [1.82, 2.24) is 9.97 Å². The normalized spacial score (nSPS) is 10.7. The molecule has 0 bridgehead atoms. The van der Waals surface area contributed by atoms with Gasteiger partial charge in [0.15, 0.2) is 0 Å². The molecule has 0 aliphatic rings. The fraction of sp³-hybridized carbons (Fsp3) is 0.0455. The van der Waals surface area contributed by atoms with Gasteiger partial charge in [0.05, 0.1) is 11.0 Å². The van der Waals surface area contributed by atoms with Crippen LogP contribution in [-0.4, -0.2) is 16.0 Å². The Bertz CT molecular complexity index is 1260. The Balaban J connectivity index is 1.36. The van der Waals surface area contributed by atoms with Crippen molar-refractivity contribution in [3.05, 3.63) is 93.9 Å². The maximum Gasteiger partial charge on any atom is 0.323 e. The van der Waals surface area contributed by atoms with Crippen molar-refractivity contribution in [1.29, 1.82) is 0 Å². The van der Waals surface area contributed by atoms with Crippen molar-refractivity contribution in [2.24, 2.45) is 0 Å². The molecule has 4 aromatic rings. The standard InChI is InChI=1S/C22H17ClN4O2S/c23-14-4-3-5-16(12-14)25-22(29)24-15-8-10-17(11-9-15)30-13-20-21(28)27-19-7-2-1-6-18(19)26-20/h1-12H,13H2,(H,27,28)(H2,24,25,29). The van der Waals surface area contributed by atoms with E-state index in [1.807, 2.05) is 36.4 Å². The number of para-hydroxylation sites is 2. The van der Waals surface area contributed by atoms with Gasteiger partial charge >= 0.3 is 6.03 Å². The Morgan fingerprint density at radius 2 is 1.73 bits per heavy atom. The van der Waals surface area contributed by atoms with E-state index in [9.17, 15) is 9.59 Å². The van der Waals surface area contributed by atoms with E-state index in [1.165, 1.54) is 11.8 Å². The topological polar surface area (TPSA) is 86.9 Å². The smallest absolute Gasteiger partial charge is 0.319 e. The van der Waals surface area contributed by atoms with Gasteiger partial charge in [-0.1, -0.05) is 29.8 Å². The van der Waals surface area contributed by atoms with Gasteiger partial charge < -0.3 is 15.6 Å². The van der Waals surface area contributed by atoms with Crippen LogP contribution in [0.15, 0.2) is 82.5 Å². The molecule has 30 heavy (non-hydrogen) atoms. The molecule has 0 aliphatic heterocycles. The van der Waals surface area contributed by atoms with Crippen molar-refractivity contribution in [3.8, 4) is 0 Å². The lowest BCUT2D eigenvalue weighted by Crippen LogP contribution is -2.19. The highest BCUT2D eigenvalue weighted by Crippen LogP contribution is 2.23. The number of thioether (sulfide) groups is 1. The fourth-order valence-electron chi connectivity index (χ4n) is 2.81. The minimum absolute atomic E-state index is 0.183. The predicted molar refractivity (Wildman–Crippen MR) is 122 cm³/mol. The molecule has 1 heterocycles. The SMILES string of the molecule is O=C(Nc1ccc(SCc2nc3ccccc3[nH]c2=O)cc1)Nc1cccc(Cl)c1. The molecule has 0 fully saturated rings. The molecule has 0 unspecified atom stereocenters. The lowest BCUT2D eigenvalue weighted by Gasteiger charge is -2.09. The number of hydrogen-bond acceptors (Lipinski definition) is 4. The Morgan fingerprint density at radius 1 is 0.967 bits per heavy atom. The number of carbonyl (C=O) groups is 1. The molecule has 0 atom stereocenters. The van der Waals surface area contributed by atoms with Gasteiger partial charge in [0.2, 0.25) is 0 Å². The van der Waals surface area contributed by atoms with Crippen LogP contribution in [0.5, 0.6) is 0 Å². The Hall–Kier alpha value is -3.29. The lowest BCUT2D eigenvalue weighted by molar-refractivity contribution is 0.262. The van der Waals surface area contributed by atoms with Crippen molar-refractivity contribution >= 4 is 51.8 Å². The number of nitrogens with one attached hydrogen (secondary N) is 3. The van der Waals surface area contributed by atoms with E-state index in [2.05, 4.69) is 20.6 Å². The summed E-state index contributed by atoms with van der Waals surface area (Å²) in [4.78, 5) is 32.6. The molecule has 4 rings (SSSR count). The minimum atomic E-state index is -0.357. The van der Waals surface area contributed by atoms with Crippen molar-refractivity contribution in [2.75, 3.05) is 10.6 Å². The molecule has 1 aromatic heterocycles. The van der Waals surface area contributed by atoms with Crippen LogP contribution in [0.4, 0.5) is 16.2 Å². The lowest BCUT2D eigenvalue weighted by atomic mass is 10.3. The zero-order chi connectivity index (χ0) is 20.9. The van der Waals surface area contributed by atoms with Gasteiger partial charge in [-0.15, -0.1) is 11.8 Å². The number of carbonyl (C=O) groups excluding carboxylic acids is 1. The van der Waals surface area contributed by atoms with E-state index in [0.717, 1.165) is 15.9 Å². The molecule has 8 heteroatoms. The number of H-pyrrole nitrogens is 1. The molecule has 0 spiro atoms. The summed E-state index contributed by atoms with van der Waals surface area (Å²) in [6.45, 7) is 0. The minimum Gasteiger partial charge on any atom is -0.319 e. The summed E-state index contributed by atoms with van der Waals surface area (Å²) in [6, 6.07) is 21.4. The maximum atomic E-state index is 12.2. The Morgan fingerprint density at radius 3 is 2.53 bits per heavy atom. The monoisotopic (exact) mass is 436 g/mol. The first-order valence-corrected chi connectivity index (χ1v) is 10.5. The van der Waals surface area contributed by atoms with E-state index in [1.54, 1.807) is 36.4 Å². The van der Waals surface area contributed by atoms with E-state index in [0.29, 0.717) is 27.8 Å². The number of hydrogen-bond donors (Lipinski definition) is 3. The molecule has 2 amide bonds. The van der Waals surface area contributed by atoms with Gasteiger partial charge in [-0.2, -0.15) is 0 Å². The van der Waals surface area contributed by atoms with Crippen LogP contribution in [0.3, 0.4) is 0 Å². The van der Waals surface area contributed by atoms with Crippen LogP contribution in [0.25, 0.3) is 11.0 Å². The number of rotatable bonds is 5. The zero-order valence-corrected chi connectivity index (χ0v) is 17.3. The fourth-order valence-corrected chi connectivity index (χ4v) is 3.83. The van der Waals surface area contributed by atoms with Gasteiger partial charge in [0.25, 0.3) is 5.56 Å². The number of aromatic amines is 1. The van der Waals surface area contributed by atoms with Crippen LogP contribution in [-0.2, 0) is 5.75 Å². The number of urea groups is 1. The maximum absolute atomic E-state index is 12.2. The summed E-state index contributed by atoms with van der Waals surface area (Å²) >= 11 is 7.42. The molecule has 0 saturated carbocycles. The summed E-state index contributed by atoms with van der Waals surface area (Å²) in [5, 5.41) is 6.05. The van der Waals surface area contributed by atoms with E-state index < -0.39 is 0 Å². The second kappa shape index (κ2) is 9.02. The summed E-state index contributed by atoms with van der Waals surface area (Å²) in [6.07, 6.45) is 0. The first-order valence-electron chi connectivity index (χ1n) is 9.11. The molecular formula is C22H17ClN4O2S. The van der Waals surface area contributed by atoms with E-state index >= 15 is 0 Å². The molecule has 0 aliphatic carbocycles. The molecule has 3 aromatic carbocycles. The van der Waals surface area contributed by atoms with Crippen LogP contribution in [0.1, 0.15) is 5.69 Å². The predicted octanol–water partition coefficient (Wildman–Crippen LogP) is 5.51. The third-order valence-electron chi connectivity index (χ3n) is 4.24. The molecule has 150 valence electrons. The van der Waals surface area contributed by atoms with Crippen LogP contribution < -0.4 is 16.2 Å². The largest absolute Gasteiger partial charge is 0.323 e. The number of nitrogens with zero attached hydrogens (tertiary/aromatic N) is 1. The van der Waals surface area contributed by atoms with Gasteiger partial charge in [-0.3, -0.25) is 4.79 Å². The van der Waals surface area contributed by atoms with Crippen molar-refractivity contribution < 1.29 is 4.79 Å². The molecule has 0 saturated heterocycles. The Labute approximate surface area is 181 Å². The van der Waals surface area contributed by atoms with Crippen molar-refractivity contribution in [2.45, 2.75) is 10.6 Å². The summed E-state index contributed by atoms with van der Waals surface area (Å²) in [7, 11) is 0. The van der Waals surface area contributed by atoms with Gasteiger partial charge in [-0.25, -0.2) is 9.78 Å². The summed E-state index contributed by atoms with van der Waals surface area (Å²) in [5.41, 5.74) is 3.04. The number of anilines is 2. The first-order chi connectivity index (χ1) is 14.6. The van der Waals surface area contributed by atoms with Crippen LogP contribution >= 0.6 is 23.4 Å². The third-order valence-corrected chi connectivity index (χ3v) is 5.50. The molecule has 3 N–H and O–H groups in total. The highest BCUT2D eigenvalue weighted by atomic mass is 35.5. The number of amides is 2. The van der Waals surface area contributed by atoms with Gasteiger partial charge in [-0.05, 0) is 54.6 Å². The van der Waals surface area contributed by atoms with Gasteiger partial charge in [0.1, 0.15) is 5.69 Å². The second-order valence-corrected chi connectivity index (χ2v) is 7.92. The quantitative estimate of drug-likeness (QED) is 0.360. The van der Waals surface area contributed by atoms with Crippen LogP contribution in [0.2, 0.25) is 5.02 Å². The van der Waals surface area contributed by atoms with Crippen molar-refractivity contribution in [3.63, 3.8) is 0 Å². The summed E-state index contributed by atoms with van der Waals surface area (Å²) < 4.78 is 0. The number of aromatic nitrogens is 2. The molecule has 6 nitrogen and oxygen atoms in total. The average molecular weight is 437 g/mol. The number of fused-ring (bicyclic) bond motifs is 1. The average Bonchev–Trinajstić information content (AvgIpc) is 2.73. The zero-order valence-electron chi connectivity index (χ0n) is 15.7. The summed E-state index contributed by atoms with van der Waals surface area (Å²) in [5.74, 6) is 0.447. The van der Waals surface area contributed by atoms with Gasteiger partial charge in [0, 0.05) is 27.0 Å². The van der Waals surface area contributed by atoms with Crippen LogP contribution in [0, 0.1) is 0 Å². The van der Waals surface area contributed by atoms with E-state index in [-0.39, 0.29) is 11.6 Å². The highest BCUT2D eigenvalue weighted by Gasteiger charge is 2.07. The molecule has 0 radical (unpaired) electrons. The first kappa shape index (κ1) is 20.0. The molecular weight excluding hydrogens is 420 g/mol. The number of halogens is 1. The second-order valence-electron chi connectivity index (χ2n) is 6.43.